The molecule has 0 bridgehead atoms. The third kappa shape index (κ3) is 5.68. The largest absolute Gasteiger partial charge is 0.372 e. The minimum atomic E-state index is 0.164. The van der Waals surface area contributed by atoms with Crippen LogP contribution in [0.25, 0.3) is 0 Å². The molecule has 0 radical (unpaired) electrons. The van der Waals surface area contributed by atoms with E-state index in [1.807, 2.05) is 0 Å². The van der Waals surface area contributed by atoms with Gasteiger partial charge in [0, 0.05) is 24.8 Å². The van der Waals surface area contributed by atoms with Crippen LogP contribution in [0.2, 0.25) is 0 Å². The van der Waals surface area contributed by atoms with Gasteiger partial charge in [-0.1, -0.05) is 32.9 Å². The molecule has 0 amide bonds. The zero-order valence-electron chi connectivity index (χ0n) is 14.3. The van der Waals surface area contributed by atoms with Gasteiger partial charge in [-0.25, -0.2) is 0 Å². The summed E-state index contributed by atoms with van der Waals surface area (Å²) >= 11 is 0. The summed E-state index contributed by atoms with van der Waals surface area (Å²) in [6.07, 6.45) is 2.20. The van der Waals surface area contributed by atoms with Crippen LogP contribution in [0.4, 0.5) is 5.69 Å². The molecule has 0 aliphatic carbocycles. The molecule has 0 aliphatic heterocycles. The molecule has 1 rings (SSSR count). The van der Waals surface area contributed by atoms with Crippen molar-refractivity contribution in [2.75, 3.05) is 37.6 Å². The summed E-state index contributed by atoms with van der Waals surface area (Å²) in [5.74, 6) is 0. The number of hydrogen-bond donors (Lipinski definition) is 1. The molecule has 0 unspecified atom stereocenters. The molecular formula is C18H33N3. The average Bonchev–Trinajstić information content (AvgIpc) is 2.55. The smallest absolute Gasteiger partial charge is 0.0366 e. The summed E-state index contributed by atoms with van der Waals surface area (Å²) in [4.78, 5) is 4.93. The topological polar surface area (TPSA) is 32.5 Å². The maximum Gasteiger partial charge on any atom is 0.0366 e. The number of rotatable bonds is 10. The zero-order chi connectivity index (χ0) is 15.7. The summed E-state index contributed by atoms with van der Waals surface area (Å²) in [6.45, 7) is 14.5. The van der Waals surface area contributed by atoms with Crippen molar-refractivity contribution in [1.82, 2.24) is 4.90 Å². The maximum atomic E-state index is 6.08. The van der Waals surface area contributed by atoms with Crippen LogP contribution < -0.4 is 10.6 Å². The Morgan fingerprint density at radius 3 is 2.00 bits per heavy atom. The molecule has 1 aromatic carbocycles. The lowest BCUT2D eigenvalue weighted by molar-refractivity contribution is 0.301. The quantitative estimate of drug-likeness (QED) is 0.714. The van der Waals surface area contributed by atoms with Crippen LogP contribution >= 0.6 is 0 Å². The van der Waals surface area contributed by atoms with E-state index in [0.29, 0.717) is 0 Å². The highest BCUT2D eigenvalue weighted by molar-refractivity contribution is 5.47. The van der Waals surface area contributed by atoms with Crippen LogP contribution in [0.15, 0.2) is 24.3 Å². The fourth-order valence-corrected chi connectivity index (χ4v) is 2.66. The Bertz CT molecular complexity index is 371. The fraction of sp³-hybridized carbons (Fsp3) is 0.667. The summed E-state index contributed by atoms with van der Waals surface area (Å²) in [5, 5.41) is 0. The molecular weight excluding hydrogens is 258 g/mol. The summed E-state index contributed by atoms with van der Waals surface area (Å²) in [5.41, 5.74) is 8.62. The second kappa shape index (κ2) is 9.80. The lowest BCUT2D eigenvalue weighted by Crippen LogP contribution is -2.30. The van der Waals surface area contributed by atoms with Gasteiger partial charge in [0.05, 0.1) is 0 Å². The van der Waals surface area contributed by atoms with E-state index in [9.17, 15) is 0 Å². The van der Waals surface area contributed by atoms with E-state index in [0.717, 1.165) is 32.6 Å². The third-order valence-electron chi connectivity index (χ3n) is 4.30. The molecule has 0 aliphatic rings. The fourth-order valence-electron chi connectivity index (χ4n) is 2.66. The highest BCUT2D eigenvalue weighted by Crippen LogP contribution is 2.20. The first-order chi connectivity index (χ1) is 10.2. The first-order valence-electron chi connectivity index (χ1n) is 8.48. The van der Waals surface area contributed by atoms with E-state index in [2.05, 4.69) is 61.8 Å². The van der Waals surface area contributed by atoms with Crippen molar-refractivity contribution in [1.29, 1.82) is 0 Å². The highest BCUT2D eigenvalue weighted by atomic mass is 15.1. The Morgan fingerprint density at radius 2 is 1.52 bits per heavy atom. The van der Waals surface area contributed by atoms with E-state index < -0.39 is 0 Å². The normalized spacial score (nSPS) is 12.7. The Labute approximate surface area is 131 Å². The molecule has 1 atom stereocenters. The zero-order valence-corrected chi connectivity index (χ0v) is 14.3. The molecule has 0 saturated heterocycles. The highest BCUT2D eigenvalue weighted by Gasteiger charge is 2.07. The number of hydrogen-bond acceptors (Lipinski definition) is 3. The van der Waals surface area contributed by atoms with E-state index in [-0.39, 0.29) is 6.04 Å². The minimum absolute atomic E-state index is 0.164. The van der Waals surface area contributed by atoms with Gasteiger partial charge >= 0.3 is 0 Å². The van der Waals surface area contributed by atoms with Crippen LogP contribution in [0, 0.1) is 0 Å². The standard InChI is InChI=1S/C18H33N3/c1-5-18(19)16-10-12-17(13-11-16)21(8-4)15-9-14-20(6-2)7-3/h10-13,18H,5-9,14-15,19H2,1-4H3/t18-/m1/s1. The Hall–Kier alpha value is -1.06. The Balaban J connectivity index is 2.55. The molecule has 3 nitrogen and oxygen atoms in total. The van der Waals surface area contributed by atoms with Gasteiger partial charge in [-0.3, -0.25) is 0 Å². The van der Waals surface area contributed by atoms with Crippen molar-refractivity contribution < 1.29 is 0 Å². The van der Waals surface area contributed by atoms with Crippen LogP contribution in [0.5, 0.6) is 0 Å². The van der Waals surface area contributed by atoms with Gasteiger partial charge in [0.1, 0.15) is 0 Å². The van der Waals surface area contributed by atoms with Crippen molar-refractivity contribution in [3.63, 3.8) is 0 Å². The first kappa shape index (κ1) is 18.0. The van der Waals surface area contributed by atoms with Crippen molar-refractivity contribution in [2.24, 2.45) is 5.73 Å². The second-order valence-corrected chi connectivity index (χ2v) is 5.57. The van der Waals surface area contributed by atoms with Crippen molar-refractivity contribution in [2.45, 2.75) is 46.6 Å². The summed E-state index contributed by atoms with van der Waals surface area (Å²) in [6, 6.07) is 8.95. The monoisotopic (exact) mass is 291 g/mol. The van der Waals surface area contributed by atoms with E-state index in [1.54, 1.807) is 0 Å². The summed E-state index contributed by atoms with van der Waals surface area (Å²) < 4.78 is 0. The van der Waals surface area contributed by atoms with Crippen molar-refractivity contribution in [3.05, 3.63) is 29.8 Å². The maximum absolute atomic E-state index is 6.08. The molecule has 21 heavy (non-hydrogen) atoms. The molecule has 3 heteroatoms. The summed E-state index contributed by atoms with van der Waals surface area (Å²) in [7, 11) is 0. The predicted octanol–water partition coefficient (Wildman–Crippen LogP) is 3.65. The molecule has 0 aromatic heterocycles. The van der Waals surface area contributed by atoms with Crippen LogP contribution in [0.3, 0.4) is 0 Å². The van der Waals surface area contributed by atoms with E-state index >= 15 is 0 Å². The van der Waals surface area contributed by atoms with Crippen LogP contribution in [-0.4, -0.2) is 37.6 Å². The van der Waals surface area contributed by atoms with Gasteiger partial charge in [0.2, 0.25) is 0 Å². The molecule has 0 heterocycles. The lowest BCUT2D eigenvalue weighted by atomic mass is 10.1. The third-order valence-corrected chi connectivity index (χ3v) is 4.30. The molecule has 120 valence electrons. The Kier molecular flexibility index (Phi) is 8.40. The number of benzene rings is 1. The van der Waals surface area contributed by atoms with Gasteiger partial charge in [-0.2, -0.15) is 0 Å². The molecule has 0 fully saturated rings. The van der Waals surface area contributed by atoms with Crippen LogP contribution in [0.1, 0.15) is 52.1 Å². The van der Waals surface area contributed by atoms with E-state index in [1.165, 1.54) is 24.2 Å². The SMILES string of the molecule is CC[C@@H](N)c1ccc(N(CC)CCCN(CC)CC)cc1. The van der Waals surface area contributed by atoms with Crippen molar-refractivity contribution >= 4 is 5.69 Å². The first-order valence-corrected chi connectivity index (χ1v) is 8.48. The minimum Gasteiger partial charge on any atom is -0.372 e. The second-order valence-electron chi connectivity index (χ2n) is 5.57. The Morgan fingerprint density at radius 1 is 0.905 bits per heavy atom. The molecule has 2 N–H and O–H groups in total. The molecule has 0 spiro atoms. The number of nitrogens with zero attached hydrogens (tertiary/aromatic N) is 2. The van der Waals surface area contributed by atoms with Gasteiger partial charge in [-0.15, -0.1) is 0 Å². The van der Waals surface area contributed by atoms with Gasteiger partial charge in [-0.05, 0) is 57.1 Å². The molecule has 0 saturated carbocycles. The predicted molar refractivity (Wildman–Crippen MR) is 94.0 cm³/mol. The van der Waals surface area contributed by atoms with E-state index in [4.69, 9.17) is 5.73 Å². The van der Waals surface area contributed by atoms with Crippen molar-refractivity contribution in [3.8, 4) is 0 Å². The van der Waals surface area contributed by atoms with Gasteiger partial charge in [0.15, 0.2) is 0 Å². The van der Waals surface area contributed by atoms with Gasteiger partial charge < -0.3 is 15.5 Å². The number of anilines is 1. The lowest BCUT2D eigenvalue weighted by Gasteiger charge is -2.25. The molecule has 1 aromatic rings. The number of nitrogens with two attached hydrogens (primary N) is 1. The van der Waals surface area contributed by atoms with Crippen LogP contribution in [-0.2, 0) is 0 Å². The van der Waals surface area contributed by atoms with Gasteiger partial charge in [0.25, 0.3) is 0 Å². The average molecular weight is 291 g/mol.